The van der Waals surface area contributed by atoms with Gasteiger partial charge >= 0.3 is 0 Å². The molecule has 1 N–H and O–H groups in total. The zero-order valence-corrected chi connectivity index (χ0v) is 13.2. The van der Waals surface area contributed by atoms with Gasteiger partial charge in [0.05, 0.1) is 11.2 Å². The Balaban J connectivity index is 1.95. The smallest absolute Gasteiger partial charge is 0.125 e. The Hall–Kier alpha value is -1.78. The van der Waals surface area contributed by atoms with Gasteiger partial charge in [-0.1, -0.05) is 25.1 Å². The van der Waals surface area contributed by atoms with E-state index in [1.807, 2.05) is 12.3 Å². The quantitative estimate of drug-likeness (QED) is 0.757. The number of benzene rings is 1. The highest BCUT2D eigenvalue weighted by atomic mass is 32.1. The first-order valence-electron chi connectivity index (χ1n) is 7.32. The van der Waals surface area contributed by atoms with Gasteiger partial charge in [-0.05, 0) is 32.0 Å². The number of rotatable bonds is 5. The molecular weight excluding hydrogens is 278 g/mol. The van der Waals surface area contributed by atoms with Crippen molar-refractivity contribution in [3.63, 3.8) is 0 Å². The van der Waals surface area contributed by atoms with Crippen molar-refractivity contribution in [2.75, 3.05) is 6.54 Å². The molecular formula is C17H19N3S. The minimum absolute atomic E-state index is 0.290. The van der Waals surface area contributed by atoms with Crippen LogP contribution in [-0.4, -0.2) is 16.5 Å². The second kappa shape index (κ2) is 6.33. The average molecular weight is 297 g/mol. The number of hydrogen-bond acceptors (Lipinski definition) is 4. The van der Waals surface area contributed by atoms with Crippen LogP contribution in [0.5, 0.6) is 0 Å². The highest BCUT2D eigenvalue weighted by Gasteiger charge is 2.12. The minimum Gasteiger partial charge on any atom is -0.309 e. The molecule has 3 nitrogen and oxygen atoms in total. The molecule has 21 heavy (non-hydrogen) atoms. The lowest BCUT2D eigenvalue weighted by Crippen LogP contribution is -2.19. The van der Waals surface area contributed by atoms with Crippen LogP contribution in [0.25, 0.3) is 21.5 Å². The van der Waals surface area contributed by atoms with Crippen molar-refractivity contribution in [3.05, 3.63) is 47.6 Å². The van der Waals surface area contributed by atoms with Crippen molar-refractivity contribution < 1.29 is 0 Å². The van der Waals surface area contributed by atoms with Crippen molar-refractivity contribution in [2.45, 2.75) is 26.3 Å². The molecule has 0 fully saturated rings. The van der Waals surface area contributed by atoms with Gasteiger partial charge in [-0.15, -0.1) is 11.3 Å². The van der Waals surface area contributed by atoms with Crippen molar-refractivity contribution in [1.29, 1.82) is 0 Å². The molecule has 0 aliphatic rings. The Labute approximate surface area is 129 Å². The Morgan fingerprint density at radius 2 is 2.10 bits per heavy atom. The van der Waals surface area contributed by atoms with Crippen LogP contribution in [0.15, 0.2) is 41.9 Å². The van der Waals surface area contributed by atoms with Crippen LogP contribution in [0.1, 0.15) is 32.0 Å². The van der Waals surface area contributed by atoms with E-state index in [0.717, 1.165) is 40.1 Å². The Morgan fingerprint density at radius 3 is 2.95 bits per heavy atom. The molecule has 0 aliphatic heterocycles. The standard InChI is InChI=1S/C17H19N3S/c1-3-9-18-12(2)15-11-21-17(20-15)14-8-4-6-13-7-5-10-19-16(13)14/h4-8,10-12,18H,3,9H2,1-2H3. The molecule has 0 amide bonds. The van der Waals surface area contributed by atoms with Crippen LogP contribution in [0.2, 0.25) is 0 Å². The molecule has 4 heteroatoms. The molecule has 108 valence electrons. The Kier molecular flexibility index (Phi) is 4.27. The number of pyridine rings is 1. The second-order valence-electron chi connectivity index (χ2n) is 5.13. The fraction of sp³-hybridized carbons (Fsp3) is 0.294. The van der Waals surface area contributed by atoms with Gasteiger partial charge in [-0.25, -0.2) is 4.98 Å². The maximum absolute atomic E-state index is 4.80. The van der Waals surface area contributed by atoms with Crippen molar-refractivity contribution in [3.8, 4) is 10.6 Å². The van der Waals surface area contributed by atoms with E-state index < -0.39 is 0 Å². The third kappa shape index (κ3) is 2.96. The summed E-state index contributed by atoms with van der Waals surface area (Å²) in [4.78, 5) is 9.31. The number of nitrogens with zero attached hydrogens (tertiary/aromatic N) is 2. The number of hydrogen-bond donors (Lipinski definition) is 1. The summed E-state index contributed by atoms with van der Waals surface area (Å²) in [6.07, 6.45) is 2.97. The zero-order valence-electron chi connectivity index (χ0n) is 12.3. The summed E-state index contributed by atoms with van der Waals surface area (Å²) in [5.74, 6) is 0. The molecule has 0 saturated heterocycles. The average Bonchev–Trinajstić information content (AvgIpc) is 3.02. The summed E-state index contributed by atoms with van der Waals surface area (Å²) in [5.41, 5.74) is 3.25. The summed E-state index contributed by atoms with van der Waals surface area (Å²) in [5, 5.41) is 7.82. The van der Waals surface area contributed by atoms with Crippen molar-refractivity contribution in [1.82, 2.24) is 15.3 Å². The maximum atomic E-state index is 4.80. The van der Waals surface area contributed by atoms with E-state index in [4.69, 9.17) is 4.98 Å². The van der Waals surface area contributed by atoms with Gasteiger partial charge < -0.3 is 5.32 Å². The molecule has 3 rings (SSSR count). The Bertz CT molecular complexity index is 730. The lowest BCUT2D eigenvalue weighted by atomic mass is 10.1. The summed E-state index contributed by atoms with van der Waals surface area (Å²) >= 11 is 1.69. The molecule has 1 atom stereocenters. The Morgan fingerprint density at radius 1 is 1.24 bits per heavy atom. The molecule has 0 radical (unpaired) electrons. The molecule has 1 aromatic carbocycles. The maximum Gasteiger partial charge on any atom is 0.125 e. The van der Waals surface area contributed by atoms with Gasteiger partial charge in [0, 0.05) is 28.6 Å². The summed E-state index contributed by atoms with van der Waals surface area (Å²) in [6.45, 7) is 5.35. The van der Waals surface area contributed by atoms with E-state index in [1.165, 1.54) is 0 Å². The highest BCUT2D eigenvalue weighted by Crippen LogP contribution is 2.30. The first-order valence-corrected chi connectivity index (χ1v) is 8.20. The number of aromatic nitrogens is 2. The van der Waals surface area contributed by atoms with Crippen LogP contribution in [-0.2, 0) is 0 Å². The highest BCUT2D eigenvalue weighted by molar-refractivity contribution is 7.13. The van der Waals surface area contributed by atoms with Crippen molar-refractivity contribution >= 4 is 22.2 Å². The first kappa shape index (κ1) is 14.2. The lowest BCUT2D eigenvalue weighted by molar-refractivity contribution is 0.561. The van der Waals surface area contributed by atoms with Gasteiger partial charge in [0.2, 0.25) is 0 Å². The van der Waals surface area contributed by atoms with E-state index >= 15 is 0 Å². The van der Waals surface area contributed by atoms with E-state index in [9.17, 15) is 0 Å². The van der Waals surface area contributed by atoms with Gasteiger partial charge in [-0.2, -0.15) is 0 Å². The van der Waals surface area contributed by atoms with Gasteiger partial charge in [0.1, 0.15) is 5.01 Å². The second-order valence-corrected chi connectivity index (χ2v) is 5.99. The van der Waals surface area contributed by atoms with E-state index in [-0.39, 0.29) is 6.04 Å². The van der Waals surface area contributed by atoms with E-state index in [1.54, 1.807) is 11.3 Å². The summed E-state index contributed by atoms with van der Waals surface area (Å²) in [7, 11) is 0. The topological polar surface area (TPSA) is 37.8 Å². The fourth-order valence-corrected chi connectivity index (χ4v) is 3.29. The van der Waals surface area contributed by atoms with Crippen LogP contribution in [0, 0.1) is 0 Å². The van der Waals surface area contributed by atoms with Crippen LogP contribution < -0.4 is 5.32 Å². The van der Waals surface area contributed by atoms with Crippen LogP contribution in [0.3, 0.4) is 0 Å². The van der Waals surface area contributed by atoms with E-state index in [0.29, 0.717) is 0 Å². The van der Waals surface area contributed by atoms with Gasteiger partial charge in [0.15, 0.2) is 0 Å². The molecule has 0 spiro atoms. The molecule has 2 aromatic heterocycles. The molecule has 2 heterocycles. The molecule has 3 aromatic rings. The SMILES string of the molecule is CCCNC(C)c1csc(-c2cccc3cccnc23)n1. The third-order valence-corrected chi connectivity index (χ3v) is 4.42. The van der Waals surface area contributed by atoms with Crippen LogP contribution in [0.4, 0.5) is 0 Å². The van der Waals surface area contributed by atoms with Crippen LogP contribution >= 0.6 is 11.3 Å². The predicted octanol–water partition coefficient (Wildman–Crippen LogP) is 4.42. The van der Waals surface area contributed by atoms with Crippen molar-refractivity contribution in [2.24, 2.45) is 0 Å². The molecule has 0 aliphatic carbocycles. The molecule has 0 saturated carbocycles. The minimum atomic E-state index is 0.290. The number of thiazole rings is 1. The predicted molar refractivity (Wildman–Crippen MR) is 89.6 cm³/mol. The monoisotopic (exact) mass is 297 g/mol. The first-order chi connectivity index (χ1) is 10.3. The molecule has 0 bridgehead atoms. The summed E-state index contributed by atoms with van der Waals surface area (Å²) < 4.78 is 0. The normalized spacial score (nSPS) is 12.7. The largest absolute Gasteiger partial charge is 0.309 e. The molecule has 1 unspecified atom stereocenters. The number of nitrogens with one attached hydrogen (secondary N) is 1. The zero-order chi connectivity index (χ0) is 14.7. The number of para-hydroxylation sites is 1. The summed E-state index contributed by atoms with van der Waals surface area (Å²) in [6, 6.07) is 10.6. The fourth-order valence-electron chi connectivity index (χ4n) is 2.35. The third-order valence-electron chi connectivity index (χ3n) is 3.53. The van der Waals surface area contributed by atoms with Gasteiger partial charge in [-0.3, -0.25) is 4.98 Å². The van der Waals surface area contributed by atoms with E-state index in [2.05, 4.69) is 53.8 Å². The van der Waals surface area contributed by atoms with Gasteiger partial charge in [0.25, 0.3) is 0 Å². The lowest BCUT2D eigenvalue weighted by Gasteiger charge is -2.09. The number of fused-ring (bicyclic) bond motifs is 1.